The van der Waals surface area contributed by atoms with Crippen LogP contribution in [0.1, 0.15) is 23.7 Å². The van der Waals surface area contributed by atoms with Gasteiger partial charge in [0.05, 0.1) is 16.7 Å². The largest absolute Gasteiger partial charge is 0.417 e. The number of hydrogen-bond donors (Lipinski definition) is 3. The molecule has 7 heteroatoms. The van der Waals surface area contributed by atoms with Gasteiger partial charge in [0, 0.05) is 6.61 Å². The summed E-state index contributed by atoms with van der Waals surface area (Å²) in [5.74, 6) is 0. The van der Waals surface area contributed by atoms with E-state index in [0.717, 1.165) is 18.2 Å². The molecule has 0 aliphatic carbocycles. The van der Waals surface area contributed by atoms with Gasteiger partial charge in [0.1, 0.15) is 6.10 Å². The van der Waals surface area contributed by atoms with Gasteiger partial charge in [0.25, 0.3) is 0 Å². The van der Waals surface area contributed by atoms with Crippen LogP contribution in [0.4, 0.5) is 13.2 Å². The molecule has 0 aliphatic heterocycles. The van der Waals surface area contributed by atoms with Crippen molar-refractivity contribution >= 4 is 11.6 Å². The lowest BCUT2D eigenvalue weighted by Crippen LogP contribution is -2.19. The van der Waals surface area contributed by atoms with Gasteiger partial charge in [-0.1, -0.05) is 17.7 Å². The van der Waals surface area contributed by atoms with Crippen LogP contribution in [0.25, 0.3) is 0 Å². The van der Waals surface area contributed by atoms with Crippen LogP contribution in [0.2, 0.25) is 5.02 Å². The molecule has 0 bridgehead atoms. The Morgan fingerprint density at radius 3 is 2.28 bits per heavy atom. The molecule has 2 unspecified atom stereocenters. The molecular formula is C11H12ClF3O3. The molecule has 2 atom stereocenters. The fraction of sp³-hybridized carbons (Fsp3) is 0.455. The zero-order valence-corrected chi connectivity index (χ0v) is 9.91. The Labute approximate surface area is 106 Å². The van der Waals surface area contributed by atoms with Crippen LogP contribution in [0.15, 0.2) is 18.2 Å². The van der Waals surface area contributed by atoms with Crippen LogP contribution in [-0.2, 0) is 6.18 Å². The third-order valence-corrected chi connectivity index (χ3v) is 2.74. The summed E-state index contributed by atoms with van der Waals surface area (Å²) in [6, 6.07) is 2.74. The van der Waals surface area contributed by atoms with Crippen molar-refractivity contribution in [1.82, 2.24) is 0 Å². The van der Waals surface area contributed by atoms with Gasteiger partial charge < -0.3 is 15.3 Å². The predicted octanol–water partition coefficient (Wildman–Crippen LogP) is 2.14. The number of hydrogen-bond acceptors (Lipinski definition) is 3. The van der Waals surface area contributed by atoms with Gasteiger partial charge in [-0.15, -0.1) is 0 Å². The molecule has 1 aromatic carbocycles. The van der Waals surface area contributed by atoms with Crippen molar-refractivity contribution in [2.24, 2.45) is 0 Å². The molecule has 0 amide bonds. The topological polar surface area (TPSA) is 60.7 Å². The van der Waals surface area contributed by atoms with Gasteiger partial charge in [0.15, 0.2) is 0 Å². The molecule has 0 spiro atoms. The lowest BCUT2D eigenvalue weighted by Gasteiger charge is -2.18. The van der Waals surface area contributed by atoms with Gasteiger partial charge in [-0.2, -0.15) is 13.2 Å². The van der Waals surface area contributed by atoms with E-state index in [4.69, 9.17) is 16.7 Å². The molecule has 0 fully saturated rings. The van der Waals surface area contributed by atoms with Gasteiger partial charge in [0.2, 0.25) is 0 Å². The SMILES string of the molecule is OCCC(O)C(O)c1ccc(C(F)(F)F)c(Cl)c1. The minimum atomic E-state index is -4.57. The van der Waals surface area contributed by atoms with E-state index in [1.165, 1.54) is 0 Å². The average molecular weight is 285 g/mol. The van der Waals surface area contributed by atoms with E-state index in [1.807, 2.05) is 0 Å². The molecule has 0 aromatic heterocycles. The summed E-state index contributed by atoms with van der Waals surface area (Å²) >= 11 is 5.48. The van der Waals surface area contributed by atoms with Gasteiger partial charge >= 0.3 is 6.18 Å². The Bertz CT molecular complexity index is 409. The summed E-state index contributed by atoms with van der Waals surface area (Å²) in [5, 5.41) is 27.1. The molecule has 0 heterocycles. The maximum Gasteiger partial charge on any atom is 0.417 e. The lowest BCUT2D eigenvalue weighted by atomic mass is 10.0. The van der Waals surface area contributed by atoms with E-state index in [-0.39, 0.29) is 18.6 Å². The Morgan fingerprint density at radius 2 is 1.83 bits per heavy atom. The summed E-state index contributed by atoms with van der Waals surface area (Å²) in [7, 11) is 0. The van der Waals surface area contributed by atoms with Crippen molar-refractivity contribution in [2.45, 2.75) is 24.8 Å². The summed E-state index contributed by atoms with van der Waals surface area (Å²) in [4.78, 5) is 0. The van der Waals surface area contributed by atoms with Crippen molar-refractivity contribution < 1.29 is 28.5 Å². The maximum atomic E-state index is 12.4. The number of aliphatic hydroxyl groups is 3. The van der Waals surface area contributed by atoms with E-state index in [9.17, 15) is 23.4 Å². The van der Waals surface area contributed by atoms with Crippen molar-refractivity contribution in [3.05, 3.63) is 34.3 Å². The number of rotatable bonds is 4. The lowest BCUT2D eigenvalue weighted by molar-refractivity contribution is -0.137. The highest BCUT2D eigenvalue weighted by molar-refractivity contribution is 6.31. The maximum absolute atomic E-state index is 12.4. The van der Waals surface area contributed by atoms with Crippen LogP contribution in [0.3, 0.4) is 0 Å². The van der Waals surface area contributed by atoms with Crippen LogP contribution >= 0.6 is 11.6 Å². The molecule has 0 saturated carbocycles. The highest BCUT2D eigenvalue weighted by Crippen LogP contribution is 2.36. The standard InChI is InChI=1S/C11H12ClF3O3/c12-8-5-6(10(18)9(17)3-4-16)1-2-7(8)11(13,14)15/h1-2,5,9-10,16-18H,3-4H2. The van der Waals surface area contributed by atoms with E-state index >= 15 is 0 Å². The van der Waals surface area contributed by atoms with Gasteiger partial charge in [-0.05, 0) is 24.1 Å². The number of aliphatic hydroxyl groups excluding tert-OH is 3. The second-order valence-electron chi connectivity index (χ2n) is 3.76. The Morgan fingerprint density at radius 1 is 1.22 bits per heavy atom. The van der Waals surface area contributed by atoms with Crippen molar-refractivity contribution in [2.75, 3.05) is 6.61 Å². The van der Waals surface area contributed by atoms with Crippen LogP contribution < -0.4 is 0 Å². The molecule has 1 rings (SSSR count). The normalized spacial score (nSPS) is 15.5. The predicted molar refractivity (Wildman–Crippen MR) is 59.1 cm³/mol. The van der Waals surface area contributed by atoms with Crippen LogP contribution in [0, 0.1) is 0 Å². The summed E-state index contributed by atoms with van der Waals surface area (Å²) in [5.41, 5.74) is -0.939. The van der Waals surface area contributed by atoms with E-state index in [1.54, 1.807) is 0 Å². The van der Waals surface area contributed by atoms with E-state index in [0.29, 0.717) is 0 Å². The summed E-state index contributed by atoms with van der Waals surface area (Å²) < 4.78 is 37.3. The van der Waals surface area contributed by atoms with Crippen LogP contribution in [0.5, 0.6) is 0 Å². The molecule has 1 aromatic rings. The molecule has 18 heavy (non-hydrogen) atoms. The molecule has 0 aliphatic rings. The molecule has 0 saturated heterocycles. The third kappa shape index (κ3) is 3.58. The first-order chi connectivity index (χ1) is 8.27. The fourth-order valence-corrected chi connectivity index (χ4v) is 1.75. The first-order valence-corrected chi connectivity index (χ1v) is 5.48. The summed E-state index contributed by atoms with van der Waals surface area (Å²) in [6.45, 7) is -0.341. The zero-order chi connectivity index (χ0) is 13.9. The fourth-order valence-electron chi connectivity index (χ4n) is 1.46. The third-order valence-electron chi connectivity index (χ3n) is 2.43. The van der Waals surface area contributed by atoms with Gasteiger partial charge in [-0.3, -0.25) is 0 Å². The van der Waals surface area contributed by atoms with Crippen molar-refractivity contribution in [1.29, 1.82) is 0 Å². The zero-order valence-electron chi connectivity index (χ0n) is 9.15. The monoisotopic (exact) mass is 284 g/mol. The number of benzene rings is 1. The van der Waals surface area contributed by atoms with Crippen LogP contribution in [-0.4, -0.2) is 28.0 Å². The van der Waals surface area contributed by atoms with Crippen molar-refractivity contribution in [3.8, 4) is 0 Å². The molecule has 0 radical (unpaired) electrons. The number of alkyl halides is 3. The second-order valence-corrected chi connectivity index (χ2v) is 4.17. The highest BCUT2D eigenvalue weighted by Gasteiger charge is 2.33. The minimum Gasteiger partial charge on any atom is -0.396 e. The number of halogens is 4. The molecular weight excluding hydrogens is 273 g/mol. The van der Waals surface area contributed by atoms with E-state index < -0.39 is 29.0 Å². The molecule has 3 N–H and O–H groups in total. The quantitative estimate of drug-likeness (QED) is 0.794. The average Bonchev–Trinajstić information content (AvgIpc) is 2.26. The first kappa shape index (κ1) is 15.2. The van der Waals surface area contributed by atoms with E-state index in [2.05, 4.69) is 0 Å². The Balaban J connectivity index is 2.97. The first-order valence-electron chi connectivity index (χ1n) is 5.11. The van der Waals surface area contributed by atoms with Crippen molar-refractivity contribution in [3.63, 3.8) is 0 Å². The highest BCUT2D eigenvalue weighted by atomic mass is 35.5. The Kier molecular flexibility index (Phi) is 4.98. The molecule has 3 nitrogen and oxygen atoms in total. The minimum absolute atomic E-state index is 0.0638. The Hall–Kier alpha value is -0.820. The second kappa shape index (κ2) is 5.88. The smallest absolute Gasteiger partial charge is 0.396 e. The van der Waals surface area contributed by atoms with Gasteiger partial charge in [-0.25, -0.2) is 0 Å². The summed E-state index contributed by atoms with van der Waals surface area (Å²) in [6.07, 6.45) is -7.30. The molecule has 102 valence electrons.